The van der Waals surface area contributed by atoms with Crippen molar-refractivity contribution >= 4 is 11.3 Å². The van der Waals surface area contributed by atoms with Crippen molar-refractivity contribution < 1.29 is 0 Å². The number of aromatic nitrogens is 1. The van der Waals surface area contributed by atoms with E-state index in [4.69, 9.17) is 0 Å². The molecule has 2 aromatic rings. The quantitative estimate of drug-likeness (QED) is 0.939. The van der Waals surface area contributed by atoms with Crippen LogP contribution in [0.3, 0.4) is 0 Å². The lowest BCUT2D eigenvalue weighted by Crippen LogP contribution is -2.60. The summed E-state index contributed by atoms with van der Waals surface area (Å²) in [5.41, 5.74) is 1.38. The van der Waals surface area contributed by atoms with Crippen LogP contribution >= 0.6 is 11.3 Å². The minimum atomic E-state index is 0.0180. The summed E-state index contributed by atoms with van der Waals surface area (Å²) in [6.07, 6.45) is 3.07. The number of hydrogen-bond donors (Lipinski definition) is 1. The Morgan fingerprint density at radius 2 is 2.19 bits per heavy atom. The van der Waals surface area contributed by atoms with Gasteiger partial charge in [-0.25, -0.2) is 4.98 Å². The summed E-state index contributed by atoms with van der Waals surface area (Å²) in [6.45, 7) is 7.60. The molecule has 1 N–H and O–H groups in total. The second kappa shape index (κ2) is 6.26. The number of rotatable bonds is 4. The van der Waals surface area contributed by atoms with E-state index < -0.39 is 0 Å². The van der Waals surface area contributed by atoms with Crippen LogP contribution in [-0.4, -0.2) is 29.0 Å². The van der Waals surface area contributed by atoms with Crippen molar-refractivity contribution in [2.45, 2.75) is 38.4 Å². The van der Waals surface area contributed by atoms with Gasteiger partial charge in [-0.05, 0) is 18.9 Å². The minimum Gasteiger partial charge on any atom is -0.305 e. The number of nitrogens with zero attached hydrogens (tertiary/aromatic N) is 2. The zero-order valence-electron chi connectivity index (χ0n) is 12.7. The van der Waals surface area contributed by atoms with Gasteiger partial charge in [0.05, 0.1) is 12.1 Å². The highest BCUT2D eigenvalue weighted by molar-refractivity contribution is 7.09. The number of piperazine rings is 1. The fourth-order valence-corrected chi connectivity index (χ4v) is 3.80. The molecule has 1 aliphatic heterocycles. The van der Waals surface area contributed by atoms with E-state index in [9.17, 15) is 0 Å². The van der Waals surface area contributed by atoms with Crippen molar-refractivity contribution in [1.82, 2.24) is 15.2 Å². The van der Waals surface area contributed by atoms with Gasteiger partial charge in [0.15, 0.2) is 0 Å². The van der Waals surface area contributed by atoms with Crippen LogP contribution in [0.2, 0.25) is 0 Å². The topological polar surface area (TPSA) is 28.2 Å². The van der Waals surface area contributed by atoms with Gasteiger partial charge >= 0.3 is 0 Å². The molecule has 1 aliphatic rings. The molecule has 4 heteroatoms. The third-order valence-corrected chi connectivity index (χ3v) is 5.23. The van der Waals surface area contributed by atoms with Crippen molar-refractivity contribution in [2.75, 3.05) is 13.1 Å². The maximum absolute atomic E-state index is 4.46. The molecule has 0 aliphatic carbocycles. The van der Waals surface area contributed by atoms with E-state index in [0.717, 1.165) is 19.6 Å². The SMILES string of the molecule is CCC1CNC(C)(c2ccccc2)CN1Cc1nccs1. The highest BCUT2D eigenvalue weighted by atomic mass is 32.1. The zero-order chi connectivity index (χ0) is 14.7. The van der Waals surface area contributed by atoms with Gasteiger partial charge in [-0.2, -0.15) is 0 Å². The fraction of sp³-hybridized carbons (Fsp3) is 0.471. The first-order chi connectivity index (χ1) is 10.2. The molecule has 3 rings (SSSR count). The lowest BCUT2D eigenvalue weighted by atomic mass is 9.88. The average molecular weight is 301 g/mol. The Hall–Kier alpha value is -1.23. The second-order valence-corrected chi connectivity index (χ2v) is 6.95. The largest absolute Gasteiger partial charge is 0.305 e. The van der Waals surface area contributed by atoms with Crippen LogP contribution in [0.1, 0.15) is 30.8 Å². The summed E-state index contributed by atoms with van der Waals surface area (Å²) in [6, 6.07) is 11.4. The normalized spacial score (nSPS) is 26.9. The van der Waals surface area contributed by atoms with Gasteiger partial charge in [-0.3, -0.25) is 4.90 Å². The van der Waals surface area contributed by atoms with Crippen molar-refractivity contribution in [2.24, 2.45) is 0 Å². The van der Waals surface area contributed by atoms with Gasteiger partial charge in [-0.1, -0.05) is 37.3 Å². The molecule has 112 valence electrons. The molecule has 3 nitrogen and oxygen atoms in total. The predicted molar refractivity (Wildman–Crippen MR) is 88.4 cm³/mol. The predicted octanol–water partition coefficient (Wildman–Crippen LogP) is 3.24. The van der Waals surface area contributed by atoms with Gasteiger partial charge in [-0.15, -0.1) is 11.3 Å². The summed E-state index contributed by atoms with van der Waals surface area (Å²) in [5.74, 6) is 0. The molecule has 0 saturated carbocycles. The van der Waals surface area contributed by atoms with E-state index in [1.807, 2.05) is 6.20 Å². The Labute approximate surface area is 131 Å². The monoisotopic (exact) mass is 301 g/mol. The molecule has 2 atom stereocenters. The van der Waals surface area contributed by atoms with E-state index >= 15 is 0 Å². The molecule has 1 aromatic carbocycles. The molecule has 21 heavy (non-hydrogen) atoms. The van der Waals surface area contributed by atoms with Gasteiger partial charge in [0.1, 0.15) is 5.01 Å². The van der Waals surface area contributed by atoms with E-state index in [1.54, 1.807) is 11.3 Å². The molecule has 0 amide bonds. The Morgan fingerprint density at radius 3 is 2.86 bits per heavy atom. The Morgan fingerprint density at radius 1 is 1.38 bits per heavy atom. The van der Waals surface area contributed by atoms with Gasteiger partial charge in [0, 0.05) is 30.7 Å². The Balaban J connectivity index is 1.80. The van der Waals surface area contributed by atoms with E-state index in [1.165, 1.54) is 17.0 Å². The maximum Gasteiger partial charge on any atom is 0.107 e. The van der Waals surface area contributed by atoms with E-state index in [0.29, 0.717) is 6.04 Å². The van der Waals surface area contributed by atoms with Crippen LogP contribution in [0.15, 0.2) is 41.9 Å². The molecule has 0 bridgehead atoms. The van der Waals surface area contributed by atoms with Gasteiger partial charge in [0.2, 0.25) is 0 Å². The molecular formula is C17H23N3S. The summed E-state index contributed by atoms with van der Waals surface area (Å²) < 4.78 is 0. The molecule has 1 fully saturated rings. The number of hydrogen-bond acceptors (Lipinski definition) is 4. The summed E-state index contributed by atoms with van der Waals surface area (Å²) in [5, 5.41) is 7.04. The Bertz CT molecular complexity index is 555. The molecule has 2 unspecified atom stereocenters. The zero-order valence-corrected chi connectivity index (χ0v) is 13.6. The van der Waals surface area contributed by atoms with E-state index in [2.05, 4.69) is 64.8 Å². The molecule has 0 spiro atoms. The third-order valence-electron chi connectivity index (χ3n) is 4.47. The maximum atomic E-state index is 4.46. The van der Waals surface area contributed by atoms with Crippen molar-refractivity contribution in [1.29, 1.82) is 0 Å². The fourth-order valence-electron chi connectivity index (χ4n) is 3.16. The lowest BCUT2D eigenvalue weighted by Gasteiger charge is -2.46. The molecule has 0 radical (unpaired) electrons. The first kappa shape index (κ1) is 14.7. The van der Waals surface area contributed by atoms with Gasteiger partial charge in [0.25, 0.3) is 0 Å². The van der Waals surface area contributed by atoms with Crippen LogP contribution in [0.4, 0.5) is 0 Å². The third kappa shape index (κ3) is 3.18. The van der Waals surface area contributed by atoms with E-state index in [-0.39, 0.29) is 5.54 Å². The number of nitrogens with one attached hydrogen (secondary N) is 1. The van der Waals surface area contributed by atoms with Crippen LogP contribution < -0.4 is 5.32 Å². The van der Waals surface area contributed by atoms with Crippen molar-refractivity contribution in [3.05, 3.63) is 52.5 Å². The average Bonchev–Trinajstić information content (AvgIpc) is 3.01. The lowest BCUT2D eigenvalue weighted by molar-refractivity contribution is 0.0763. The highest BCUT2D eigenvalue weighted by Gasteiger charge is 2.36. The smallest absolute Gasteiger partial charge is 0.107 e. The highest BCUT2D eigenvalue weighted by Crippen LogP contribution is 2.28. The molecule has 1 aromatic heterocycles. The first-order valence-electron chi connectivity index (χ1n) is 7.64. The van der Waals surface area contributed by atoms with Crippen LogP contribution in [-0.2, 0) is 12.1 Å². The summed E-state index contributed by atoms with van der Waals surface area (Å²) in [4.78, 5) is 7.04. The Kier molecular flexibility index (Phi) is 4.38. The van der Waals surface area contributed by atoms with Gasteiger partial charge < -0.3 is 5.32 Å². The summed E-state index contributed by atoms with van der Waals surface area (Å²) in [7, 11) is 0. The summed E-state index contributed by atoms with van der Waals surface area (Å²) >= 11 is 1.75. The second-order valence-electron chi connectivity index (χ2n) is 5.97. The number of thiazole rings is 1. The van der Waals surface area contributed by atoms with Crippen LogP contribution in [0, 0.1) is 0 Å². The number of benzene rings is 1. The van der Waals surface area contributed by atoms with Crippen LogP contribution in [0.25, 0.3) is 0 Å². The molecule has 2 heterocycles. The molecule has 1 saturated heterocycles. The standard InChI is InChI=1S/C17H23N3S/c1-3-15-11-19-17(2,14-7-5-4-6-8-14)13-20(15)12-16-18-9-10-21-16/h4-10,15,19H,3,11-13H2,1-2H3. The van der Waals surface area contributed by atoms with Crippen LogP contribution in [0.5, 0.6) is 0 Å². The van der Waals surface area contributed by atoms with Crippen molar-refractivity contribution in [3.8, 4) is 0 Å². The minimum absolute atomic E-state index is 0.0180. The van der Waals surface area contributed by atoms with Crippen molar-refractivity contribution in [3.63, 3.8) is 0 Å². The first-order valence-corrected chi connectivity index (χ1v) is 8.52. The molecular weight excluding hydrogens is 278 g/mol.